The van der Waals surface area contributed by atoms with Crippen LogP contribution in [0.15, 0.2) is 18.2 Å². The van der Waals surface area contributed by atoms with Gasteiger partial charge in [0.1, 0.15) is 5.82 Å². The predicted octanol–water partition coefficient (Wildman–Crippen LogP) is 3.22. The lowest BCUT2D eigenvalue weighted by Gasteiger charge is -2.26. The Balaban J connectivity index is 1.93. The zero-order chi connectivity index (χ0) is 15.4. The van der Waals surface area contributed by atoms with Crippen molar-refractivity contribution in [2.75, 3.05) is 5.32 Å². The highest BCUT2D eigenvalue weighted by Crippen LogP contribution is 2.23. The summed E-state index contributed by atoms with van der Waals surface area (Å²) >= 11 is 0. The van der Waals surface area contributed by atoms with Crippen molar-refractivity contribution in [1.29, 1.82) is 0 Å². The molecule has 6 heteroatoms. The molecule has 0 bridgehead atoms. The van der Waals surface area contributed by atoms with Crippen LogP contribution >= 0.6 is 0 Å². The SMILES string of the molecule is CC1CCC(NC(=O)Nc2ccc(F)c(C(=O)O)c2)CC1. The summed E-state index contributed by atoms with van der Waals surface area (Å²) in [6.07, 6.45) is 4.06. The van der Waals surface area contributed by atoms with Crippen molar-refractivity contribution in [1.82, 2.24) is 5.32 Å². The number of anilines is 1. The van der Waals surface area contributed by atoms with Gasteiger partial charge >= 0.3 is 12.0 Å². The molecular formula is C15H19FN2O3. The lowest BCUT2D eigenvalue weighted by Crippen LogP contribution is -2.39. The van der Waals surface area contributed by atoms with Crippen LogP contribution in [-0.2, 0) is 0 Å². The van der Waals surface area contributed by atoms with Crippen LogP contribution in [0.25, 0.3) is 0 Å². The molecule has 0 atom stereocenters. The van der Waals surface area contributed by atoms with E-state index in [9.17, 15) is 14.0 Å². The Hall–Kier alpha value is -2.11. The Morgan fingerprint density at radius 3 is 2.52 bits per heavy atom. The fraction of sp³-hybridized carbons (Fsp3) is 0.467. The van der Waals surface area contributed by atoms with Crippen LogP contribution in [0.2, 0.25) is 0 Å². The van der Waals surface area contributed by atoms with Crippen molar-refractivity contribution in [2.45, 2.75) is 38.6 Å². The van der Waals surface area contributed by atoms with Crippen molar-refractivity contribution in [2.24, 2.45) is 5.92 Å². The van der Waals surface area contributed by atoms with Gasteiger partial charge in [-0.25, -0.2) is 14.0 Å². The zero-order valence-electron chi connectivity index (χ0n) is 11.9. The molecule has 5 nitrogen and oxygen atoms in total. The molecule has 1 aliphatic carbocycles. The van der Waals surface area contributed by atoms with Crippen molar-refractivity contribution in [3.63, 3.8) is 0 Å². The standard InChI is InChI=1S/C15H19FN2O3/c1-9-2-4-10(5-3-9)17-15(21)18-11-6-7-13(16)12(8-11)14(19)20/h6-10H,2-5H2,1H3,(H,19,20)(H2,17,18,21). The molecule has 114 valence electrons. The Morgan fingerprint density at radius 1 is 1.24 bits per heavy atom. The minimum atomic E-state index is -1.36. The van der Waals surface area contributed by atoms with Crippen molar-refractivity contribution in [3.8, 4) is 0 Å². The molecule has 1 aromatic rings. The van der Waals surface area contributed by atoms with Gasteiger partial charge in [0, 0.05) is 11.7 Å². The average molecular weight is 294 g/mol. The van der Waals surface area contributed by atoms with Gasteiger partial charge in [-0.05, 0) is 49.8 Å². The second-order valence-corrected chi connectivity index (χ2v) is 5.56. The number of aromatic carboxylic acids is 1. The molecule has 0 saturated heterocycles. The predicted molar refractivity (Wildman–Crippen MR) is 76.9 cm³/mol. The Morgan fingerprint density at radius 2 is 1.90 bits per heavy atom. The molecule has 2 amide bonds. The molecule has 0 unspecified atom stereocenters. The first-order chi connectivity index (χ1) is 9.95. The third kappa shape index (κ3) is 4.18. The number of hydrogen-bond acceptors (Lipinski definition) is 2. The van der Waals surface area contributed by atoms with E-state index < -0.39 is 23.4 Å². The molecule has 0 radical (unpaired) electrons. The molecule has 1 aliphatic rings. The number of urea groups is 1. The molecule has 2 rings (SSSR count). The van der Waals surface area contributed by atoms with Gasteiger partial charge in [0.15, 0.2) is 0 Å². The van der Waals surface area contributed by atoms with E-state index in [2.05, 4.69) is 17.6 Å². The second kappa shape index (κ2) is 6.56. The average Bonchev–Trinajstić information content (AvgIpc) is 2.43. The molecule has 0 aromatic heterocycles. The number of carbonyl (C=O) groups is 2. The summed E-state index contributed by atoms with van der Waals surface area (Å²) in [7, 11) is 0. The first-order valence-electron chi connectivity index (χ1n) is 7.06. The van der Waals surface area contributed by atoms with Crippen LogP contribution in [0.4, 0.5) is 14.9 Å². The first kappa shape index (κ1) is 15.3. The maximum absolute atomic E-state index is 13.3. The third-order valence-electron chi connectivity index (χ3n) is 3.81. The molecule has 1 saturated carbocycles. The van der Waals surface area contributed by atoms with Gasteiger partial charge in [-0.15, -0.1) is 0 Å². The number of benzene rings is 1. The topological polar surface area (TPSA) is 78.4 Å². The van der Waals surface area contributed by atoms with Crippen molar-refractivity contribution in [3.05, 3.63) is 29.6 Å². The van der Waals surface area contributed by atoms with Gasteiger partial charge in [0.25, 0.3) is 0 Å². The van der Waals surface area contributed by atoms with E-state index in [-0.39, 0.29) is 11.7 Å². The zero-order valence-corrected chi connectivity index (χ0v) is 11.9. The molecule has 1 fully saturated rings. The minimum absolute atomic E-state index is 0.139. The maximum Gasteiger partial charge on any atom is 0.338 e. The van der Waals surface area contributed by atoms with Gasteiger partial charge in [0.05, 0.1) is 5.56 Å². The number of carboxylic acid groups (broad SMARTS) is 1. The number of amides is 2. The van der Waals surface area contributed by atoms with Crippen LogP contribution in [0, 0.1) is 11.7 Å². The Kier molecular flexibility index (Phi) is 4.77. The molecule has 0 heterocycles. The molecule has 3 N–H and O–H groups in total. The third-order valence-corrected chi connectivity index (χ3v) is 3.81. The van der Waals surface area contributed by atoms with E-state index in [4.69, 9.17) is 5.11 Å². The van der Waals surface area contributed by atoms with E-state index in [0.29, 0.717) is 5.92 Å². The van der Waals surface area contributed by atoms with Crippen LogP contribution in [0.5, 0.6) is 0 Å². The highest BCUT2D eigenvalue weighted by atomic mass is 19.1. The largest absolute Gasteiger partial charge is 0.478 e. The first-order valence-corrected chi connectivity index (χ1v) is 7.06. The van der Waals surface area contributed by atoms with Crippen LogP contribution in [0.3, 0.4) is 0 Å². The lowest BCUT2D eigenvalue weighted by molar-refractivity contribution is 0.0692. The summed E-state index contributed by atoms with van der Waals surface area (Å²) in [5, 5.41) is 14.2. The van der Waals surface area contributed by atoms with Crippen molar-refractivity contribution < 1.29 is 19.1 Å². The van der Waals surface area contributed by atoms with Gasteiger partial charge < -0.3 is 15.7 Å². The fourth-order valence-corrected chi connectivity index (χ4v) is 2.52. The van der Waals surface area contributed by atoms with Crippen LogP contribution < -0.4 is 10.6 Å². The number of nitrogens with one attached hydrogen (secondary N) is 2. The number of halogens is 1. The summed E-state index contributed by atoms with van der Waals surface area (Å²) in [6, 6.07) is 3.23. The van der Waals surface area contributed by atoms with E-state index >= 15 is 0 Å². The Labute approximate surface area is 122 Å². The summed E-state index contributed by atoms with van der Waals surface area (Å²) in [4.78, 5) is 22.7. The molecular weight excluding hydrogens is 275 g/mol. The van der Waals surface area contributed by atoms with Gasteiger partial charge in [-0.1, -0.05) is 6.92 Å². The smallest absolute Gasteiger partial charge is 0.338 e. The lowest BCUT2D eigenvalue weighted by atomic mass is 9.87. The number of hydrogen-bond donors (Lipinski definition) is 3. The normalized spacial score (nSPS) is 21.6. The maximum atomic E-state index is 13.3. The van der Waals surface area contributed by atoms with E-state index in [1.807, 2.05) is 0 Å². The van der Waals surface area contributed by atoms with Gasteiger partial charge in [-0.3, -0.25) is 0 Å². The van der Waals surface area contributed by atoms with E-state index in [1.165, 1.54) is 6.07 Å². The van der Waals surface area contributed by atoms with E-state index in [1.54, 1.807) is 0 Å². The Bertz CT molecular complexity index is 540. The summed E-state index contributed by atoms with van der Waals surface area (Å²) < 4.78 is 13.3. The van der Waals surface area contributed by atoms with Crippen LogP contribution in [-0.4, -0.2) is 23.1 Å². The number of rotatable bonds is 3. The van der Waals surface area contributed by atoms with Crippen molar-refractivity contribution >= 4 is 17.7 Å². The van der Waals surface area contributed by atoms with E-state index in [0.717, 1.165) is 37.8 Å². The monoisotopic (exact) mass is 294 g/mol. The van der Waals surface area contributed by atoms with Crippen LogP contribution in [0.1, 0.15) is 43.0 Å². The molecule has 0 spiro atoms. The summed E-state index contributed by atoms with van der Waals surface area (Å²) in [5.74, 6) is -1.49. The summed E-state index contributed by atoms with van der Waals surface area (Å²) in [5.41, 5.74) is -0.199. The molecule has 0 aliphatic heterocycles. The van der Waals surface area contributed by atoms with Gasteiger partial charge in [-0.2, -0.15) is 0 Å². The highest BCUT2D eigenvalue weighted by Gasteiger charge is 2.20. The number of carbonyl (C=O) groups excluding carboxylic acids is 1. The highest BCUT2D eigenvalue weighted by molar-refractivity contribution is 5.93. The van der Waals surface area contributed by atoms with Gasteiger partial charge in [0.2, 0.25) is 0 Å². The quantitative estimate of drug-likeness (QED) is 0.801. The minimum Gasteiger partial charge on any atom is -0.478 e. The summed E-state index contributed by atoms with van der Waals surface area (Å²) in [6.45, 7) is 2.20. The fourth-order valence-electron chi connectivity index (χ4n) is 2.52. The second-order valence-electron chi connectivity index (χ2n) is 5.56. The molecule has 1 aromatic carbocycles. The number of carboxylic acids is 1. The molecule has 21 heavy (non-hydrogen) atoms.